The zero-order valence-corrected chi connectivity index (χ0v) is 15.2. The number of aryl methyl sites for hydroxylation is 1. The van der Waals surface area contributed by atoms with Crippen molar-refractivity contribution in [1.82, 2.24) is 15.5 Å². The second-order valence-corrected chi connectivity index (χ2v) is 6.79. The highest BCUT2D eigenvalue weighted by atomic mass is 32.2. The Morgan fingerprint density at radius 1 is 1.33 bits per heavy atom. The third kappa shape index (κ3) is 4.82. The summed E-state index contributed by atoms with van der Waals surface area (Å²) in [5.41, 5.74) is 6.52. The lowest BCUT2D eigenvalue weighted by Crippen LogP contribution is -2.49. The largest absolute Gasteiger partial charge is 0.350 e. The molecule has 24 heavy (non-hydrogen) atoms. The average Bonchev–Trinajstić information content (AvgIpc) is 3.03. The number of amides is 1. The van der Waals surface area contributed by atoms with Crippen molar-refractivity contribution in [1.29, 1.82) is 0 Å². The number of hydrogen-bond donors (Lipinski definition) is 2. The molecule has 0 saturated carbocycles. The van der Waals surface area contributed by atoms with Crippen LogP contribution in [0.3, 0.4) is 0 Å². The van der Waals surface area contributed by atoms with Crippen molar-refractivity contribution in [3.63, 3.8) is 0 Å². The van der Waals surface area contributed by atoms with Gasteiger partial charge in [-0.15, -0.1) is 11.8 Å². The zero-order chi connectivity index (χ0) is 17.6. The number of nitrogens with zero attached hydrogens (tertiary/aromatic N) is 2. The molecule has 1 aromatic heterocycles. The molecule has 0 aliphatic rings. The Labute approximate surface area is 146 Å². The number of rotatable bonds is 8. The first-order chi connectivity index (χ1) is 11.5. The summed E-state index contributed by atoms with van der Waals surface area (Å²) < 4.78 is 5.11. The third-order valence-corrected chi connectivity index (χ3v) is 5.12. The fourth-order valence-electron chi connectivity index (χ4n) is 2.17. The molecule has 2 aromatic rings. The van der Waals surface area contributed by atoms with Gasteiger partial charge in [-0.1, -0.05) is 31.1 Å². The maximum Gasteiger partial charge on any atom is 0.252 e. The highest BCUT2D eigenvalue weighted by Crippen LogP contribution is 2.26. The minimum Gasteiger partial charge on any atom is -0.350 e. The molecule has 1 aromatic carbocycles. The molecular formula is C17H24N4O2S. The van der Waals surface area contributed by atoms with Crippen molar-refractivity contribution in [3.8, 4) is 0 Å². The van der Waals surface area contributed by atoms with E-state index < -0.39 is 0 Å². The number of carbonyl (C=O) groups is 1. The van der Waals surface area contributed by atoms with Gasteiger partial charge in [-0.25, -0.2) is 0 Å². The number of nitrogens with one attached hydrogen (secondary N) is 1. The van der Waals surface area contributed by atoms with E-state index in [9.17, 15) is 4.79 Å². The predicted molar refractivity (Wildman–Crippen MR) is 94.9 cm³/mol. The van der Waals surface area contributed by atoms with Crippen molar-refractivity contribution in [2.24, 2.45) is 5.73 Å². The first kappa shape index (κ1) is 18.5. The van der Waals surface area contributed by atoms with Gasteiger partial charge < -0.3 is 15.6 Å². The van der Waals surface area contributed by atoms with Crippen molar-refractivity contribution in [2.45, 2.75) is 49.8 Å². The summed E-state index contributed by atoms with van der Waals surface area (Å²) in [6.45, 7) is 6.30. The van der Waals surface area contributed by atoms with E-state index in [0.717, 1.165) is 17.7 Å². The minimum absolute atomic E-state index is 0.114. The molecule has 7 heteroatoms. The van der Waals surface area contributed by atoms with Crippen LogP contribution >= 0.6 is 11.8 Å². The maximum atomic E-state index is 12.5. The summed E-state index contributed by atoms with van der Waals surface area (Å²) >= 11 is 1.50. The summed E-state index contributed by atoms with van der Waals surface area (Å²) in [4.78, 5) is 17.6. The molecule has 130 valence electrons. The summed E-state index contributed by atoms with van der Waals surface area (Å²) in [5.74, 6) is 1.56. The minimum atomic E-state index is -0.362. The van der Waals surface area contributed by atoms with E-state index in [1.54, 1.807) is 6.92 Å². The van der Waals surface area contributed by atoms with Crippen LogP contribution in [-0.4, -0.2) is 28.1 Å². The van der Waals surface area contributed by atoms with Gasteiger partial charge in [0.15, 0.2) is 5.82 Å². The first-order valence-electron chi connectivity index (χ1n) is 8.05. The molecule has 2 rings (SSSR count). The second-order valence-electron chi connectivity index (χ2n) is 5.77. The number of carbonyl (C=O) groups excluding carboxylic acids is 1. The molecule has 0 aliphatic heterocycles. The molecule has 0 bridgehead atoms. The van der Waals surface area contributed by atoms with Crippen LogP contribution in [0.2, 0.25) is 0 Å². The smallest absolute Gasteiger partial charge is 0.252 e. The summed E-state index contributed by atoms with van der Waals surface area (Å²) in [7, 11) is 0. The van der Waals surface area contributed by atoms with E-state index in [0.29, 0.717) is 29.6 Å². The number of aromatic nitrogens is 2. The quantitative estimate of drug-likeness (QED) is 0.712. The third-order valence-electron chi connectivity index (χ3n) is 4.06. The monoisotopic (exact) mass is 348 g/mol. The Kier molecular flexibility index (Phi) is 6.39. The van der Waals surface area contributed by atoms with E-state index in [4.69, 9.17) is 10.3 Å². The fraction of sp³-hybridized carbons (Fsp3) is 0.471. The van der Waals surface area contributed by atoms with Crippen molar-refractivity contribution < 1.29 is 9.32 Å². The van der Waals surface area contributed by atoms with Gasteiger partial charge in [0.25, 0.3) is 5.91 Å². The Morgan fingerprint density at radius 2 is 2.04 bits per heavy atom. The lowest BCUT2D eigenvalue weighted by Gasteiger charge is -2.27. The lowest BCUT2D eigenvalue weighted by atomic mass is 9.94. The highest BCUT2D eigenvalue weighted by Gasteiger charge is 2.22. The van der Waals surface area contributed by atoms with E-state index in [2.05, 4.69) is 15.5 Å². The van der Waals surface area contributed by atoms with Crippen LogP contribution in [0, 0.1) is 6.92 Å². The second kappa shape index (κ2) is 8.30. The van der Waals surface area contributed by atoms with Gasteiger partial charge in [-0.3, -0.25) is 4.79 Å². The van der Waals surface area contributed by atoms with E-state index in [1.165, 1.54) is 11.8 Å². The summed E-state index contributed by atoms with van der Waals surface area (Å²) in [5, 5.41) is 6.72. The van der Waals surface area contributed by atoms with Crippen LogP contribution in [0.1, 0.15) is 48.8 Å². The van der Waals surface area contributed by atoms with Crippen LogP contribution in [0.4, 0.5) is 0 Å². The van der Waals surface area contributed by atoms with Crippen molar-refractivity contribution in [3.05, 3.63) is 41.5 Å². The summed E-state index contributed by atoms with van der Waals surface area (Å²) in [6, 6.07) is 7.49. The molecule has 0 unspecified atom stereocenters. The normalized spacial score (nSPS) is 11.5. The number of benzene rings is 1. The van der Waals surface area contributed by atoms with E-state index >= 15 is 0 Å². The molecule has 1 amide bonds. The molecule has 6 nitrogen and oxygen atoms in total. The molecule has 0 saturated heterocycles. The molecule has 3 N–H and O–H groups in total. The molecule has 0 spiro atoms. The van der Waals surface area contributed by atoms with Crippen LogP contribution in [0.5, 0.6) is 0 Å². The molecule has 0 fully saturated rings. The maximum absolute atomic E-state index is 12.5. The molecule has 0 radical (unpaired) electrons. The van der Waals surface area contributed by atoms with Gasteiger partial charge in [0.2, 0.25) is 5.89 Å². The van der Waals surface area contributed by atoms with Gasteiger partial charge in [0, 0.05) is 17.0 Å². The fourth-order valence-corrected chi connectivity index (χ4v) is 3.06. The van der Waals surface area contributed by atoms with Crippen LogP contribution < -0.4 is 11.1 Å². The van der Waals surface area contributed by atoms with Gasteiger partial charge >= 0.3 is 0 Å². The highest BCUT2D eigenvalue weighted by molar-refractivity contribution is 7.98. The first-order valence-corrected chi connectivity index (χ1v) is 9.04. The van der Waals surface area contributed by atoms with Crippen molar-refractivity contribution >= 4 is 17.7 Å². The Balaban J connectivity index is 2.03. The van der Waals surface area contributed by atoms with Gasteiger partial charge in [0.1, 0.15) is 0 Å². The van der Waals surface area contributed by atoms with Gasteiger partial charge in [-0.05, 0) is 31.9 Å². The van der Waals surface area contributed by atoms with Crippen LogP contribution in [0.15, 0.2) is 33.7 Å². The molecule has 0 atom stereocenters. The Morgan fingerprint density at radius 3 is 2.67 bits per heavy atom. The van der Waals surface area contributed by atoms with Crippen LogP contribution in [-0.2, 0) is 5.75 Å². The summed E-state index contributed by atoms with van der Waals surface area (Å²) in [6.07, 6.45) is 1.63. The number of thioether (sulfide) groups is 1. The predicted octanol–water partition coefficient (Wildman–Crippen LogP) is 2.92. The van der Waals surface area contributed by atoms with Gasteiger partial charge in [0.05, 0.1) is 11.3 Å². The zero-order valence-electron chi connectivity index (χ0n) is 14.3. The van der Waals surface area contributed by atoms with E-state index in [-0.39, 0.29) is 11.4 Å². The number of nitrogens with two attached hydrogens (primary N) is 1. The Hall–Kier alpha value is -1.86. The lowest BCUT2D eigenvalue weighted by molar-refractivity contribution is 0.0939. The topological polar surface area (TPSA) is 94.0 Å². The number of hydrogen-bond acceptors (Lipinski definition) is 6. The SMILES string of the molecule is CCC(N)(CC)CNC(=O)c1ccccc1SCc1nc(C)no1. The van der Waals surface area contributed by atoms with Crippen LogP contribution in [0.25, 0.3) is 0 Å². The molecular weight excluding hydrogens is 324 g/mol. The van der Waals surface area contributed by atoms with Gasteiger partial charge in [-0.2, -0.15) is 4.98 Å². The molecule has 1 heterocycles. The Bertz CT molecular complexity index is 683. The average molecular weight is 348 g/mol. The van der Waals surface area contributed by atoms with E-state index in [1.807, 2.05) is 38.1 Å². The standard InChI is InChI=1S/C17H24N4O2S/c1-4-17(18,5-2)11-19-16(22)13-8-6-7-9-14(13)24-10-15-20-12(3)21-23-15/h6-9H,4-5,10-11,18H2,1-3H3,(H,19,22). The molecule has 0 aliphatic carbocycles. The van der Waals surface area contributed by atoms with Crippen molar-refractivity contribution in [2.75, 3.05) is 6.54 Å².